The summed E-state index contributed by atoms with van der Waals surface area (Å²) in [7, 11) is 1.57. The number of benzene rings is 3. The maximum atomic E-state index is 13.7. The zero-order valence-corrected chi connectivity index (χ0v) is 19.5. The van der Waals surface area contributed by atoms with E-state index in [0.717, 1.165) is 5.52 Å². The number of hydrogen-bond donors (Lipinski definition) is 2. The summed E-state index contributed by atoms with van der Waals surface area (Å²) >= 11 is 6.59. The summed E-state index contributed by atoms with van der Waals surface area (Å²) in [5, 5.41) is 18.0. The van der Waals surface area contributed by atoms with Crippen LogP contribution in [-0.2, 0) is 4.79 Å². The van der Waals surface area contributed by atoms with Crippen LogP contribution in [0.3, 0.4) is 0 Å². The number of imidazole rings is 1. The molecule has 1 aromatic heterocycles. The number of nitrogens with zero attached hydrogens (tertiary/aromatic N) is 3. The van der Waals surface area contributed by atoms with Crippen LogP contribution in [0.25, 0.3) is 11.0 Å². The van der Waals surface area contributed by atoms with Gasteiger partial charge in [0.2, 0.25) is 5.95 Å². The van der Waals surface area contributed by atoms with E-state index in [9.17, 15) is 14.9 Å². The molecule has 4 aromatic rings. The van der Waals surface area contributed by atoms with Crippen LogP contribution in [0, 0.1) is 10.1 Å². The third-order valence-electron chi connectivity index (χ3n) is 5.91. The van der Waals surface area contributed by atoms with E-state index in [0.29, 0.717) is 44.8 Å². The molecular formula is C25H20ClN5O4. The van der Waals surface area contributed by atoms with Crippen LogP contribution in [0.2, 0.25) is 5.02 Å². The molecule has 0 bridgehead atoms. The number of rotatable bonds is 5. The molecular weight excluding hydrogens is 470 g/mol. The van der Waals surface area contributed by atoms with Crippen molar-refractivity contribution < 1.29 is 14.5 Å². The molecule has 0 radical (unpaired) electrons. The molecule has 9 nitrogen and oxygen atoms in total. The number of allylic oxidation sites excluding steroid dienone is 1. The predicted octanol–water partition coefficient (Wildman–Crippen LogP) is 5.53. The van der Waals surface area contributed by atoms with Crippen LogP contribution in [0.1, 0.15) is 18.5 Å². The summed E-state index contributed by atoms with van der Waals surface area (Å²) in [5.74, 6) is 0.793. The fourth-order valence-electron chi connectivity index (χ4n) is 4.28. The van der Waals surface area contributed by atoms with E-state index in [1.54, 1.807) is 38.3 Å². The van der Waals surface area contributed by atoms with Crippen molar-refractivity contribution >= 4 is 45.9 Å². The topological polar surface area (TPSA) is 111 Å². The largest absolute Gasteiger partial charge is 0.497 e. The molecule has 2 heterocycles. The second kappa shape index (κ2) is 8.77. The fraction of sp³-hybridized carbons (Fsp3) is 0.120. The number of hydrogen-bond acceptors (Lipinski definition) is 6. The highest BCUT2D eigenvalue weighted by atomic mass is 35.5. The van der Waals surface area contributed by atoms with E-state index in [-0.39, 0.29) is 11.6 Å². The van der Waals surface area contributed by atoms with Gasteiger partial charge in [-0.3, -0.25) is 19.5 Å². The van der Waals surface area contributed by atoms with Gasteiger partial charge in [0.05, 0.1) is 34.7 Å². The number of nitrogens with one attached hydrogen (secondary N) is 2. The smallest absolute Gasteiger partial charge is 0.269 e. The van der Waals surface area contributed by atoms with Crippen LogP contribution in [0.15, 0.2) is 78.0 Å². The Bertz CT molecular complexity index is 1510. The van der Waals surface area contributed by atoms with Crippen molar-refractivity contribution in [3.8, 4) is 5.75 Å². The number of carbonyl (C=O) groups is 1. The highest BCUT2D eigenvalue weighted by Crippen LogP contribution is 2.42. The third kappa shape index (κ3) is 3.95. The number of nitro benzene ring substituents is 1. The van der Waals surface area contributed by atoms with Gasteiger partial charge in [0.25, 0.3) is 11.6 Å². The van der Waals surface area contributed by atoms with Gasteiger partial charge in [-0.1, -0.05) is 23.7 Å². The molecule has 0 unspecified atom stereocenters. The molecule has 0 aliphatic carbocycles. The Hall–Kier alpha value is -4.37. The quantitative estimate of drug-likeness (QED) is 0.281. The number of methoxy groups -OCH3 is 1. The van der Waals surface area contributed by atoms with Gasteiger partial charge in [0, 0.05) is 34.1 Å². The van der Waals surface area contributed by atoms with E-state index in [2.05, 4.69) is 15.6 Å². The summed E-state index contributed by atoms with van der Waals surface area (Å²) in [4.78, 5) is 29.4. The first-order valence-corrected chi connectivity index (χ1v) is 11.1. The minimum Gasteiger partial charge on any atom is -0.497 e. The lowest BCUT2D eigenvalue weighted by atomic mass is 9.93. The number of non-ortho nitro benzene ring substituents is 1. The van der Waals surface area contributed by atoms with Gasteiger partial charge in [-0.15, -0.1) is 0 Å². The average Bonchev–Trinajstić information content (AvgIpc) is 3.21. The van der Waals surface area contributed by atoms with Crippen molar-refractivity contribution in [3.63, 3.8) is 0 Å². The van der Waals surface area contributed by atoms with Crippen LogP contribution in [0.4, 0.5) is 17.3 Å². The van der Waals surface area contributed by atoms with E-state index in [1.165, 1.54) is 18.2 Å². The zero-order valence-electron chi connectivity index (χ0n) is 18.8. The number of carbonyl (C=O) groups excluding carboxylic acids is 1. The number of halogens is 1. The minimum absolute atomic E-state index is 0.124. The first kappa shape index (κ1) is 22.4. The molecule has 1 aliphatic rings. The number of aromatic nitrogens is 2. The fourth-order valence-corrected chi connectivity index (χ4v) is 4.50. The molecule has 1 amide bonds. The molecule has 5 rings (SSSR count). The van der Waals surface area contributed by atoms with Gasteiger partial charge in [-0.05, 0) is 49.4 Å². The Morgan fingerprint density at radius 1 is 1.17 bits per heavy atom. The molecule has 35 heavy (non-hydrogen) atoms. The number of para-hydroxylation sites is 2. The van der Waals surface area contributed by atoms with Gasteiger partial charge >= 0.3 is 0 Å². The zero-order chi connectivity index (χ0) is 24.7. The summed E-state index contributed by atoms with van der Waals surface area (Å²) in [5.41, 5.74) is 3.26. The van der Waals surface area contributed by atoms with Crippen LogP contribution >= 0.6 is 11.6 Å². The van der Waals surface area contributed by atoms with Crippen molar-refractivity contribution in [2.45, 2.75) is 13.0 Å². The van der Waals surface area contributed by atoms with Gasteiger partial charge in [0.1, 0.15) is 5.75 Å². The van der Waals surface area contributed by atoms with Gasteiger partial charge in [-0.25, -0.2) is 4.98 Å². The Morgan fingerprint density at radius 2 is 1.91 bits per heavy atom. The Morgan fingerprint density at radius 3 is 2.63 bits per heavy atom. The maximum absolute atomic E-state index is 13.7. The summed E-state index contributed by atoms with van der Waals surface area (Å²) in [6.07, 6.45) is 0. The van der Waals surface area contributed by atoms with Crippen molar-refractivity contribution in [2.24, 2.45) is 0 Å². The Kier molecular flexibility index (Phi) is 5.62. The lowest BCUT2D eigenvalue weighted by Gasteiger charge is -2.31. The number of amides is 1. The van der Waals surface area contributed by atoms with Crippen molar-refractivity contribution in [1.29, 1.82) is 0 Å². The van der Waals surface area contributed by atoms with Gasteiger partial charge < -0.3 is 15.4 Å². The lowest BCUT2D eigenvalue weighted by Crippen LogP contribution is -2.31. The first-order chi connectivity index (χ1) is 16.9. The molecule has 0 spiro atoms. The Balaban J connectivity index is 1.68. The second-order valence-electron chi connectivity index (χ2n) is 8.01. The molecule has 1 aliphatic heterocycles. The second-order valence-corrected chi connectivity index (χ2v) is 8.41. The number of nitro groups is 1. The summed E-state index contributed by atoms with van der Waals surface area (Å²) in [6.45, 7) is 1.77. The summed E-state index contributed by atoms with van der Waals surface area (Å²) in [6, 6.07) is 17.9. The highest BCUT2D eigenvalue weighted by Gasteiger charge is 2.36. The molecule has 176 valence electrons. The predicted molar refractivity (Wildman–Crippen MR) is 134 cm³/mol. The van der Waals surface area contributed by atoms with Gasteiger partial charge in [-0.2, -0.15) is 0 Å². The lowest BCUT2D eigenvalue weighted by molar-refractivity contribution is -0.384. The van der Waals surface area contributed by atoms with Crippen LogP contribution < -0.4 is 15.4 Å². The van der Waals surface area contributed by atoms with E-state index >= 15 is 0 Å². The molecule has 1 atom stereocenters. The third-order valence-corrected chi connectivity index (χ3v) is 6.25. The highest BCUT2D eigenvalue weighted by molar-refractivity contribution is 6.31. The van der Waals surface area contributed by atoms with E-state index < -0.39 is 11.0 Å². The monoisotopic (exact) mass is 489 g/mol. The molecule has 2 N–H and O–H groups in total. The molecule has 0 saturated heterocycles. The minimum atomic E-state index is -0.760. The van der Waals surface area contributed by atoms with Crippen molar-refractivity contribution in [3.05, 3.63) is 98.7 Å². The first-order valence-electron chi connectivity index (χ1n) is 10.7. The number of fused-ring (bicyclic) bond motifs is 3. The van der Waals surface area contributed by atoms with Crippen LogP contribution in [0.5, 0.6) is 5.75 Å². The van der Waals surface area contributed by atoms with E-state index in [1.807, 2.05) is 28.8 Å². The maximum Gasteiger partial charge on any atom is 0.269 e. The molecule has 10 heteroatoms. The number of ether oxygens (including phenoxy) is 1. The SMILES string of the molecule is COc1ccc(NC(=O)C2=C(C)Nc3nc4ccccc4n3[C@@H]2c2cc([N+](=O)[O-])ccc2Cl)cc1. The standard InChI is InChI=1S/C25H20ClN5O4/c1-14-22(24(32)28-15-7-10-17(35-2)11-8-15)23(18-13-16(31(33)34)9-12-19(18)26)30-21-6-4-3-5-20(21)29-25(30)27-14/h3-13,23H,1-2H3,(H,27,29)(H,28,32)/t23-/m1/s1. The van der Waals surface area contributed by atoms with Gasteiger partial charge in [0.15, 0.2) is 0 Å². The molecule has 0 saturated carbocycles. The molecule has 3 aromatic carbocycles. The Labute approximate surface area is 205 Å². The normalized spacial score (nSPS) is 14.9. The van der Waals surface area contributed by atoms with Crippen molar-refractivity contribution in [1.82, 2.24) is 9.55 Å². The van der Waals surface area contributed by atoms with Crippen molar-refractivity contribution in [2.75, 3.05) is 17.7 Å². The number of anilines is 2. The summed E-state index contributed by atoms with van der Waals surface area (Å²) < 4.78 is 7.03. The molecule has 0 fully saturated rings. The van der Waals surface area contributed by atoms with E-state index in [4.69, 9.17) is 16.3 Å². The van der Waals surface area contributed by atoms with Crippen LogP contribution in [-0.4, -0.2) is 27.5 Å². The average molecular weight is 490 g/mol.